The minimum Gasteiger partial charge on any atom is -0.329 e. The molecule has 0 radical (unpaired) electrons. The minimum atomic E-state index is 0.749. The molecule has 3 N–H and O–H groups in total. The van der Waals surface area contributed by atoms with Crippen molar-refractivity contribution in [1.82, 2.24) is 5.32 Å². The van der Waals surface area contributed by atoms with E-state index in [4.69, 9.17) is 5.73 Å². The van der Waals surface area contributed by atoms with Crippen molar-refractivity contribution >= 4 is 0 Å². The van der Waals surface area contributed by atoms with Gasteiger partial charge in [0.15, 0.2) is 0 Å². The summed E-state index contributed by atoms with van der Waals surface area (Å²) < 4.78 is 0. The van der Waals surface area contributed by atoms with E-state index in [1.807, 2.05) is 0 Å². The largest absolute Gasteiger partial charge is 0.329 e. The van der Waals surface area contributed by atoms with E-state index in [2.05, 4.69) is 19.2 Å². The van der Waals surface area contributed by atoms with Crippen LogP contribution in [0.3, 0.4) is 0 Å². The third-order valence-corrected chi connectivity index (χ3v) is 1.60. The van der Waals surface area contributed by atoms with Crippen molar-refractivity contribution in [3.63, 3.8) is 0 Å². The van der Waals surface area contributed by atoms with Crippen LogP contribution in [-0.2, 0) is 0 Å². The van der Waals surface area contributed by atoms with Crippen LogP contribution in [-0.4, -0.2) is 19.6 Å². The Bertz CT molecular complexity index is 64.3. The van der Waals surface area contributed by atoms with E-state index in [-0.39, 0.29) is 0 Å². The van der Waals surface area contributed by atoms with Crippen LogP contribution < -0.4 is 11.1 Å². The third kappa shape index (κ3) is 6.05. The quantitative estimate of drug-likeness (QED) is 0.545. The van der Waals surface area contributed by atoms with Gasteiger partial charge in [-0.1, -0.05) is 20.3 Å². The average Bonchev–Trinajstić information content (AvgIpc) is 1.89. The number of nitrogens with two attached hydrogens (primary N) is 1. The highest BCUT2D eigenvalue weighted by Gasteiger charge is 1.97. The Morgan fingerprint density at radius 3 is 2.70 bits per heavy atom. The van der Waals surface area contributed by atoms with E-state index in [0.29, 0.717) is 0 Å². The van der Waals surface area contributed by atoms with Crippen molar-refractivity contribution in [3.8, 4) is 0 Å². The molecule has 0 aliphatic heterocycles. The topological polar surface area (TPSA) is 38.0 Å². The predicted molar refractivity (Wildman–Crippen MR) is 46.0 cm³/mol. The summed E-state index contributed by atoms with van der Waals surface area (Å²) >= 11 is 0. The van der Waals surface area contributed by atoms with Gasteiger partial charge < -0.3 is 11.1 Å². The van der Waals surface area contributed by atoms with Crippen molar-refractivity contribution < 1.29 is 0 Å². The summed E-state index contributed by atoms with van der Waals surface area (Å²) in [6, 6.07) is 0. The van der Waals surface area contributed by atoms with Gasteiger partial charge in [-0.25, -0.2) is 0 Å². The number of nitrogens with one attached hydrogen (secondary N) is 1. The zero-order chi connectivity index (χ0) is 7.82. The highest BCUT2D eigenvalue weighted by molar-refractivity contribution is 4.55. The molecule has 0 aliphatic rings. The molecule has 0 fully saturated rings. The van der Waals surface area contributed by atoms with Crippen LogP contribution >= 0.6 is 0 Å². The molecule has 2 nitrogen and oxygen atoms in total. The lowest BCUT2D eigenvalue weighted by Gasteiger charge is -2.09. The Labute approximate surface area is 64.2 Å². The summed E-state index contributed by atoms with van der Waals surface area (Å²) in [7, 11) is 0. The highest BCUT2D eigenvalue weighted by atomic mass is 14.9. The van der Waals surface area contributed by atoms with Crippen LogP contribution in [0.15, 0.2) is 0 Å². The molecular weight excluding hydrogens is 124 g/mol. The Kier molecular flexibility index (Phi) is 6.98. The lowest BCUT2D eigenvalue weighted by molar-refractivity contribution is 0.480. The molecule has 2 heteroatoms. The molecule has 0 aliphatic carbocycles. The fourth-order valence-corrected chi connectivity index (χ4v) is 1.05. The monoisotopic (exact) mass is 144 g/mol. The van der Waals surface area contributed by atoms with Crippen molar-refractivity contribution in [1.29, 1.82) is 0 Å². The van der Waals surface area contributed by atoms with Crippen LogP contribution in [0.25, 0.3) is 0 Å². The van der Waals surface area contributed by atoms with Gasteiger partial charge in [0.1, 0.15) is 0 Å². The minimum absolute atomic E-state index is 0.749. The Balaban J connectivity index is 2.97. The van der Waals surface area contributed by atoms with Gasteiger partial charge in [-0.05, 0) is 18.9 Å². The molecular formula is C8H20N2. The van der Waals surface area contributed by atoms with Gasteiger partial charge in [0.2, 0.25) is 0 Å². The Morgan fingerprint density at radius 1 is 1.50 bits per heavy atom. The van der Waals surface area contributed by atoms with Crippen molar-refractivity contribution in [2.45, 2.75) is 26.7 Å². The summed E-state index contributed by atoms with van der Waals surface area (Å²) in [6.07, 6.45) is 2.60. The Morgan fingerprint density at radius 2 is 2.20 bits per heavy atom. The molecule has 0 rings (SSSR count). The zero-order valence-corrected chi connectivity index (χ0v) is 7.19. The molecule has 0 spiro atoms. The first-order chi connectivity index (χ1) is 4.81. The van der Waals surface area contributed by atoms with Crippen molar-refractivity contribution in [2.24, 2.45) is 11.7 Å². The molecule has 0 bridgehead atoms. The van der Waals surface area contributed by atoms with Crippen LogP contribution in [0.5, 0.6) is 0 Å². The van der Waals surface area contributed by atoms with Gasteiger partial charge in [0.05, 0.1) is 0 Å². The molecule has 0 saturated carbocycles. The first-order valence-electron chi connectivity index (χ1n) is 4.22. The van der Waals surface area contributed by atoms with E-state index < -0.39 is 0 Å². The van der Waals surface area contributed by atoms with Gasteiger partial charge >= 0.3 is 0 Å². The molecule has 1 atom stereocenters. The molecule has 0 aromatic carbocycles. The standard InChI is InChI=1S/C8H20N2/c1-3-4-8(2)7-10-6-5-9/h8,10H,3-7,9H2,1-2H3. The van der Waals surface area contributed by atoms with Crippen LogP contribution in [0.2, 0.25) is 0 Å². The Hall–Kier alpha value is -0.0800. The second-order valence-corrected chi connectivity index (χ2v) is 2.89. The summed E-state index contributed by atoms with van der Waals surface area (Å²) in [5.74, 6) is 0.802. The van der Waals surface area contributed by atoms with E-state index >= 15 is 0 Å². The molecule has 0 saturated heterocycles. The van der Waals surface area contributed by atoms with E-state index in [1.165, 1.54) is 12.8 Å². The van der Waals surface area contributed by atoms with Gasteiger partial charge in [0.25, 0.3) is 0 Å². The third-order valence-electron chi connectivity index (χ3n) is 1.60. The maximum Gasteiger partial charge on any atom is 0.00746 e. The predicted octanol–water partition coefficient (Wildman–Crippen LogP) is 0.971. The molecule has 0 aromatic rings. The smallest absolute Gasteiger partial charge is 0.00746 e. The first-order valence-corrected chi connectivity index (χ1v) is 4.22. The first kappa shape index (κ1) is 9.92. The molecule has 1 unspecified atom stereocenters. The number of hydrogen-bond donors (Lipinski definition) is 2. The molecule has 10 heavy (non-hydrogen) atoms. The maximum atomic E-state index is 5.33. The normalized spacial score (nSPS) is 13.5. The number of hydrogen-bond acceptors (Lipinski definition) is 2. The summed E-state index contributed by atoms with van der Waals surface area (Å²) in [6.45, 7) is 7.31. The van der Waals surface area contributed by atoms with Crippen LogP contribution in [0, 0.1) is 5.92 Å². The van der Waals surface area contributed by atoms with Gasteiger partial charge in [0, 0.05) is 13.1 Å². The second kappa shape index (κ2) is 7.03. The van der Waals surface area contributed by atoms with Crippen molar-refractivity contribution in [2.75, 3.05) is 19.6 Å². The molecule has 0 aromatic heterocycles. The van der Waals surface area contributed by atoms with Crippen molar-refractivity contribution in [3.05, 3.63) is 0 Å². The highest BCUT2D eigenvalue weighted by Crippen LogP contribution is 2.01. The zero-order valence-electron chi connectivity index (χ0n) is 7.19. The lowest BCUT2D eigenvalue weighted by Crippen LogP contribution is -2.26. The maximum absolute atomic E-state index is 5.33. The second-order valence-electron chi connectivity index (χ2n) is 2.89. The van der Waals surface area contributed by atoms with Gasteiger partial charge in [-0.2, -0.15) is 0 Å². The van der Waals surface area contributed by atoms with E-state index in [1.54, 1.807) is 0 Å². The summed E-state index contributed by atoms with van der Waals surface area (Å²) in [4.78, 5) is 0. The molecule has 62 valence electrons. The van der Waals surface area contributed by atoms with Gasteiger partial charge in [-0.15, -0.1) is 0 Å². The molecule has 0 heterocycles. The summed E-state index contributed by atoms with van der Waals surface area (Å²) in [5.41, 5.74) is 5.33. The van der Waals surface area contributed by atoms with Crippen LogP contribution in [0.1, 0.15) is 26.7 Å². The lowest BCUT2D eigenvalue weighted by atomic mass is 10.1. The van der Waals surface area contributed by atoms with E-state index in [0.717, 1.165) is 25.6 Å². The fraction of sp³-hybridized carbons (Fsp3) is 1.00. The van der Waals surface area contributed by atoms with Gasteiger partial charge in [-0.3, -0.25) is 0 Å². The molecule has 0 amide bonds. The number of rotatable bonds is 6. The SMILES string of the molecule is CCCC(C)CNCCN. The van der Waals surface area contributed by atoms with Crippen LogP contribution in [0.4, 0.5) is 0 Å². The fourth-order valence-electron chi connectivity index (χ4n) is 1.05. The summed E-state index contributed by atoms with van der Waals surface area (Å²) in [5, 5.41) is 3.29. The van der Waals surface area contributed by atoms with E-state index in [9.17, 15) is 0 Å². The average molecular weight is 144 g/mol.